The lowest BCUT2D eigenvalue weighted by atomic mass is 10.0. The predicted octanol–water partition coefficient (Wildman–Crippen LogP) is 5.92. The SMILES string of the molecule is CCOP(C)(=O)c1ccccc1-c1ccc(N2CC[C@@H](NC(=O)Nc3ccc(Cl)cc3F)C2=O)c(F)c1F. The normalized spacial score (nSPS) is 16.8. The van der Waals surface area contributed by atoms with Crippen LogP contribution in [0.5, 0.6) is 0 Å². The Balaban J connectivity index is 1.54. The lowest BCUT2D eigenvalue weighted by molar-refractivity contribution is -0.118. The Morgan fingerprint density at radius 2 is 1.84 bits per heavy atom. The summed E-state index contributed by atoms with van der Waals surface area (Å²) in [5.41, 5.74) is -0.353. The smallest absolute Gasteiger partial charge is 0.319 e. The van der Waals surface area contributed by atoms with Gasteiger partial charge in [-0.1, -0.05) is 29.8 Å². The van der Waals surface area contributed by atoms with Gasteiger partial charge in [0.2, 0.25) is 13.3 Å². The number of halogens is 4. The molecule has 0 spiro atoms. The third kappa shape index (κ3) is 5.57. The quantitative estimate of drug-likeness (QED) is 0.348. The molecule has 12 heteroatoms. The van der Waals surface area contributed by atoms with Gasteiger partial charge in [-0.25, -0.2) is 18.0 Å². The molecule has 2 N–H and O–H groups in total. The molecule has 1 heterocycles. The first-order valence-electron chi connectivity index (χ1n) is 11.7. The number of anilines is 2. The van der Waals surface area contributed by atoms with Crippen molar-refractivity contribution in [2.24, 2.45) is 0 Å². The molecule has 0 aliphatic carbocycles. The number of benzene rings is 3. The molecular formula is C26H24ClF3N3O4P. The second kappa shape index (κ2) is 11.2. The molecule has 0 bridgehead atoms. The molecule has 38 heavy (non-hydrogen) atoms. The fourth-order valence-corrected chi connectivity index (χ4v) is 6.07. The first-order chi connectivity index (χ1) is 18.0. The molecule has 3 aromatic carbocycles. The van der Waals surface area contributed by atoms with Gasteiger partial charge in [-0.15, -0.1) is 0 Å². The first kappa shape index (κ1) is 27.7. The molecule has 0 aromatic heterocycles. The van der Waals surface area contributed by atoms with Gasteiger partial charge in [0.25, 0.3) is 0 Å². The topological polar surface area (TPSA) is 87.7 Å². The van der Waals surface area contributed by atoms with E-state index in [1.807, 2.05) is 0 Å². The number of carbonyl (C=O) groups excluding carboxylic acids is 2. The molecule has 1 aliphatic rings. The van der Waals surface area contributed by atoms with Crippen LogP contribution in [0.1, 0.15) is 13.3 Å². The number of amides is 3. The zero-order chi connectivity index (χ0) is 27.6. The van der Waals surface area contributed by atoms with Crippen molar-refractivity contribution in [3.8, 4) is 11.1 Å². The molecule has 0 saturated carbocycles. The van der Waals surface area contributed by atoms with E-state index >= 15 is 8.78 Å². The molecule has 7 nitrogen and oxygen atoms in total. The summed E-state index contributed by atoms with van der Waals surface area (Å²) in [6.07, 6.45) is 0.119. The third-order valence-electron chi connectivity index (χ3n) is 6.05. The van der Waals surface area contributed by atoms with Crippen molar-refractivity contribution >= 4 is 47.6 Å². The number of hydrogen-bond donors (Lipinski definition) is 2. The van der Waals surface area contributed by atoms with Gasteiger partial charge in [0.05, 0.1) is 18.0 Å². The van der Waals surface area contributed by atoms with Crippen LogP contribution in [0, 0.1) is 17.5 Å². The van der Waals surface area contributed by atoms with Crippen molar-refractivity contribution < 1.29 is 31.8 Å². The van der Waals surface area contributed by atoms with Gasteiger partial charge in [-0.05, 0) is 55.3 Å². The maximum Gasteiger partial charge on any atom is 0.319 e. The van der Waals surface area contributed by atoms with Crippen LogP contribution in [0.3, 0.4) is 0 Å². The van der Waals surface area contributed by atoms with Gasteiger partial charge in [-0.3, -0.25) is 9.36 Å². The fourth-order valence-electron chi connectivity index (χ4n) is 4.29. The summed E-state index contributed by atoms with van der Waals surface area (Å²) >= 11 is 5.70. The Kier molecular flexibility index (Phi) is 8.16. The highest BCUT2D eigenvalue weighted by atomic mass is 35.5. The Morgan fingerprint density at radius 3 is 2.55 bits per heavy atom. The molecule has 0 radical (unpaired) electrons. The summed E-state index contributed by atoms with van der Waals surface area (Å²) in [5.74, 6) is -3.89. The van der Waals surface area contributed by atoms with Crippen molar-refractivity contribution in [1.29, 1.82) is 0 Å². The summed E-state index contributed by atoms with van der Waals surface area (Å²) in [6.45, 7) is 3.28. The van der Waals surface area contributed by atoms with Gasteiger partial charge < -0.3 is 20.1 Å². The van der Waals surface area contributed by atoms with Crippen LogP contribution in [0.15, 0.2) is 54.6 Å². The van der Waals surface area contributed by atoms with Crippen molar-refractivity contribution in [2.75, 3.05) is 30.0 Å². The Bertz CT molecular complexity index is 1460. The van der Waals surface area contributed by atoms with Crippen LogP contribution in [-0.4, -0.2) is 37.8 Å². The number of nitrogens with one attached hydrogen (secondary N) is 2. The van der Waals surface area contributed by atoms with E-state index in [1.54, 1.807) is 19.1 Å². The highest BCUT2D eigenvalue weighted by Gasteiger charge is 2.36. The number of urea groups is 1. The van der Waals surface area contributed by atoms with Crippen molar-refractivity contribution in [1.82, 2.24) is 5.32 Å². The van der Waals surface area contributed by atoms with Crippen LogP contribution in [0.4, 0.5) is 29.3 Å². The predicted molar refractivity (Wildman–Crippen MR) is 141 cm³/mol. The summed E-state index contributed by atoms with van der Waals surface area (Å²) in [6, 6.07) is 10.7. The third-order valence-corrected chi connectivity index (χ3v) is 8.30. The molecule has 1 aliphatic heterocycles. The fraction of sp³-hybridized carbons (Fsp3) is 0.231. The Labute approximate surface area is 222 Å². The molecule has 1 unspecified atom stereocenters. The minimum Gasteiger partial charge on any atom is -0.326 e. The van der Waals surface area contributed by atoms with E-state index in [4.69, 9.17) is 16.1 Å². The number of carbonyl (C=O) groups is 2. The van der Waals surface area contributed by atoms with Crippen molar-refractivity contribution in [3.63, 3.8) is 0 Å². The summed E-state index contributed by atoms with van der Waals surface area (Å²) in [7, 11) is -3.31. The zero-order valence-corrected chi connectivity index (χ0v) is 22.1. The molecule has 3 aromatic rings. The second-order valence-electron chi connectivity index (χ2n) is 8.59. The van der Waals surface area contributed by atoms with E-state index in [2.05, 4.69) is 10.6 Å². The molecule has 200 valence electrons. The van der Waals surface area contributed by atoms with Gasteiger partial charge in [0, 0.05) is 29.1 Å². The number of nitrogens with zero attached hydrogens (tertiary/aromatic N) is 1. The Morgan fingerprint density at radius 1 is 1.11 bits per heavy atom. The van der Waals surface area contributed by atoms with Gasteiger partial charge in [0.15, 0.2) is 11.6 Å². The van der Waals surface area contributed by atoms with Crippen LogP contribution >= 0.6 is 19.0 Å². The summed E-state index contributed by atoms with van der Waals surface area (Å²) in [5, 5.41) is 5.11. The highest BCUT2D eigenvalue weighted by molar-refractivity contribution is 7.66. The van der Waals surface area contributed by atoms with E-state index < -0.39 is 42.8 Å². The molecule has 2 atom stereocenters. The molecule has 1 saturated heterocycles. The van der Waals surface area contributed by atoms with E-state index in [0.717, 1.165) is 11.0 Å². The van der Waals surface area contributed by atoms with E-state index in [-0.39, 0.29) is 52.4 Å². The maximum absolute atomic E-state index is 15.3. The van der Waals surface area contributed by atoms with Crippen LogP contribution in [0.2, 0.25) is 5.02 Å². The summed E-state index contributed by atoms with van der Waals surface area (Å²) in [4.78, 5) is 26.3. The van der Waals surface area contributed by atoms with Gasteiger partial charge in [-0.2, -0.15) is 0 Å². The first-order valence-corrected chi connectivity index (χ1v) is 14.1. The van der Waals surface area contributed by atoms with E-state index in [1.165, 1.54) is 43.1 Å². The van der Waals surface area contributed by atoms with E-state index in [9.17, 15) is 18.5 Å². The Hall–Kier alpha value is -3.33. The summed E-state index contributed by atoms with van der Waals surface area (Å²) < 4.78 is 63.0. The standard InChI is InChI=1S/C26H24ClF3N3O4P/c1-3-37-38(2,36)22-7-5-4-6-16(22)17-9-11-21(24(30)23(17)29)33-13-12-20(25(33)34)32-26(35)31-19-10-8-15(27)14-18(19)28/h4-11,14,20H,3,12-13H2,1-2H3,(H2,31,32,35)/t20-,38?/m1/s1. The van der Waals surface area contributed by atoms with Gasteiger partial charge >= 0.3 is 6.03 Å². The minimum absolute atomic E-state index is 0.0138. The highest BCUT2D eigenvalue weighted by Crippen LogP contribution is 2.45. The monoisotopic (exact) mass is 565 g/mol. The number of hydrogen-bond acceptors (Lipinski definition) is 4. The van der Waals surface area contributed by atoms with Crippen LogP contribution in [-0.2, 0) is 13.9 Å². The van der Waals surface area contributed by atoms with Crippen LogP contribution < -0.4 is 20.8 Å². The average Bonchev–Trinajstić information content (AvgIpc) is 3.22. The van der Waals surface area contributed by atoms with Crippen LogP contribution in [0.25, 0.3) is 11.1 Å². The average molecular weight is 566 g/mol. The molecule has 4 rings (SSSR count). The maximum atomic E-state index is 15.3. The largest absolute Gasteiger partial charge is 0.326 e. The lowest BCUT2D eigenvalue weighted by Gasteiger charge is -2.21. The van der Waals surface area contributed by atoms with Crippen molar-refractivity contribution in [3.05, 3.63) is 77.1 Å². The minimum atomic E-state index is -3.31. The molecule has 3 amide bonds. The molecular weight excluding hydrogens is 542 g/mol. The van der Waals surface area contributed by atoms with E-state index in [0.29, 0.717) is 0 Å². The zero-order valence-electron chi connectivity index (χ0n) is 20.4. The van der Waals surface area contributed by atoms with Crippen molar-refractivity contribution in [2.45, 2.75) is 19.4 Å². The molecule has 1 fully saturated rings. The number of rotatable bonds is 7. The second-order valence-corrected chi connectivity index (χ2v) is 11.5. The lowest BCUT2D eigenvalue weighted by Crippen LogP contribution is -2.43. The van der Waals surface area contributed by atoms with Gasteiger partial charge in [0.1, 0.15) is 11.9 Å².